The Kier molecular flexibility index (Phi) is 2.55. The first kappa shape index (κ1) is 10.6. The molecule has 0 bridgehead atoms. The van der Waals surface area contributed by atoms with Crippen LogP contribution in [0.1, 0.15) is 6.42 Å². The van der Waals surface area contributed by atoms with Crippen LogP contribution in [0.15, 0.2) is 23.5 Å². The monoisotopic (exact) mass is 208 g/mol. The van der Waals surface area contributed by atoms with Crippen LogP contribution in [0.2, 0.25) is 0 Å². The van der Waals surface area contributed by atoms with Gasteiger partial charge in [0, 0.05) is 0 Å². The quantitative estimate of drug-likeness (QED) is 0.693. The summed E-state index contributed by atoms with van der Waals surface area (Å²) in [4.78, 5) is 10.4. The number of carboxylic acid groups (broad SMARTS) is 1. The Bertz CT molecular complexity index is 314. The molecule has 0 aromatic rings. The topological polar surface area (TPSA) is 57.5 Å². The van der Waals surface area contributed by atoms with Gasteiger partial charge in [-0.25, -0.2) is 0 Å². The van der Waals surface area contributed by atoms with Crippen molar-refractivity contribution in [2.45, 2.75) is 12.6 Å². The van der Waals surface area contributed by atoms with Crippen LogP contribution in [0.5, 0.6) is 0 Å². The molecule has 1 atom stereocenters. The maximum atomic E-state index is 12.2. The lowest BCUT2D eigenvalue weighted by Gasteiger charge is -2.17. The van der Waals surface area contributed by atoms with E-state index in [2.05, 4.69) is 0 Å². The lowest BCUT2D eigenvalue weighted by Crippen LogP contribution is -2.21. The molecule has 78 valence electrons. The number of rotatable bonds is 1. The fourth-order valence-electron chi connectivity index (χ4n) is 1.11. The van der Waals surface area contributed by atoms with Gasteiger partial charge in [0.15, 0.2) is 0 Å². The number of hydrogen-bond acceptors (Lipinski definition) is 2. The molecule has 0 aromatic heterocycles. The SMILES string of the molecule is O=C(O)C1C=C(C(F)(F)F)C(O)=CC1. The van der Waals surface area contributed by atoms with Crippen molar-refractivity contribution in [1.82, 2.24) is 0 Å². The second-order valence-corrected chi connectivity index (χ2v) is 2.85. The number of allylic oxidation sites excluding steroid dienone is 2. The van der Waals surface area contributed by atoms with Crippen molar-refractivity contribution >= 4 is 5.97 Å². The number of halogens is 3. The predicted molar refractivity (Wildman–Crippen MR) is 40.6 cm³/mol. The van der Waals surface area contributed by atoms with Gasteiger partial charge in [-0.05, 0) is 12.5 Å². The van der Waals surface area contributed by atoms with Gasteiger partial charge in [-0.3, -0.25) is 4.79 Å². The molecule has 1 rings (SSSR count). The minimum Gasteiger partial charge on any atom is -0.508 e. The lowest BCUT2D eigenvalue weighted by atomic mass is 9.95. The van der Waals surface area contributed by atoms with Gasteiger partial charge in [-0.1, -0.05) is 6.08 Å². The van der Waals surface area contributed by atoms with Crippen LogP contribution in [-0.4, -0.2) is 22.4 Å². The van der Waals surface area contributed by atoms with Gasteiger partial charge < -0.3 is 10.2 Å². The molecule has 0 aliphatic heterocycles. The third kappa shape index (κ3) is 2.07. The highest BCUT2D eigenvalue weighted by atomic mass is 19.4. The first-order valence-corrected chi connectivity index (χ1v) is 3.73. The summed E-state index contributed by atoms with van der Waals surface area (Å²) in [5.41, 5.74) is -1.28. The summed E-state index contributed by atoms with van der Waals surface area (Å²) >= 11 is 0. The highest BCUT2D eigenvalue weighted by molar-refractivity contribution is 5.73. The van der Waals surface area contributed by atoms with Gasteiger partial charge in [0.25, 0.3) is 0 Å². The van der Waals surface area contributed by atoms with E-state index in [1.807, 2.05) is 0 Å². The summed E-state index contributed by atoms with van der Waals surface area (Å²) in [6.07, 6.45) is -3.45. The highest BCUT2D eigenvalue weighted by Gasteiger charge is 2.39. The minimum atomic E-state index is -4.71. The van der Waals surface area contributed by atoms with Crippen molar-refractivity contribution in [3.8, 4) is 0 Å². The second kappa shape index (κ2) is 3.36. The van der Waals surface area contributed by atoms with E-state index in [0.29, 0.717) is 6.08 Å². The van der Waals surface area contributed by atoms with Crippen LogP contribution in [0.3, 0.4) is 0 Å². The molecule has 1 unspecified atom stereocenters. The van der Waals surface area contributed by atoms with Crippen molar-refractivity contribution in [2.24, 2.45) is 5.92 Å². The molecule has 1 aliphatic rings. The first-order valence-electron chi connectivity index (χ1n) is 3.73. The van der Waals surface area contributed by atoms with Gasteiger partial charge >= 0.3 is 12.1 Å². The number of aliphatic carboxylic acids is 1. The van der Waals surface area contributed by atoms with Gasteiger partial charge in [-0.15, -0.1) is 0 Å². The van der Waals surface area contributed by atoms with E-state index < -0.39 is 29.4 Å². The van der Waals surface area contributed by atoms with Gasteiger partial charge in [0.2, 0.25) is 0 Å². The van der Waals surface area contributed by atoms with Crippen LogP contribution in [-0.2, 0) is 4.79 Å². The zero-order valence-corrected chi connectivity index (χ0v) is 6.88. The van der Waals surface area contributed by atoms with Crippen LogP contribution < -0.4 is 0 Å². The summed E-state index contributed by atoms with van der Waals surface area (Å²) in [7, 11) is 0. The van der Waals surface area contributed by atoms with Crippen molar-refractivity contribution in [1.29, 1.82) is 0 Å². The van der Waals surface area contributed by atoms with E-state index in [0.717, 1.165) is 6.08 Å². The van der Waals surface area contributed by atoms with Gasteiger partial charge in [-0.2, -0.15) is 13.2 Å². The lowest BCUT2D eigenvalue weighted by molar-refractivity contribution is -0.140. The summed E-state index contributed by atoms with van der Waals surface area (Å²) < 4.78 is 36.5. The third-order valence-electron chi connectivity index (χ3n) is 1.83. The standard InChI is InChI=1S/C8H7F3O3/c9-8(10,11)5-3-4(7(13)14)1-2-6(5)12/h2-4,12H,1H2,(H,13,14). The van der Waals surface area contributed by atoms with Gasteiger partial charge in [0.1, 0.15) is 5.76 Å². The number of carboxylic acids is 1. The molecule has 0 amide bonds. The molecule has 0 radical (unpaired) electrons. The normalized spacial score (nSPS) is 22.6. The van der Waals surface area contributed by atoms with E-state index >= 15 is 0 Å². The van der Waals surface area contributed by atoms with Crippen molar-refractivity contribution < 1.29 is 28.2 Å². The van der Waals surface area contributed by atoms with Gasteiger partial charge in [0.05, 0.1) is 11.5 Å². The summed E-state index contributed by atoms with van der Waals surface area (Å²) in [6, 6.07) is 0. The summed E-state index contributed by atoms with van der Waals surface area (Å²) in [6.45, 7) is 0. The van der Waals surface area contributed by atoms with Crippen molar-refractivity contribution in [2.75, 3.05) is 0 Å². The van der Waals surface area contributed by atoms with E-state index in [1.54, 1.807) is 0 Å². The number of carbonyl (C=O) groups is 1. The molecule has 3 nitrogen and oxygen atoms in total. The molecule has 0 aromatic carbocycles. The molecule has 0 saturated heterocycles. The van der Waals surface area contributed by atoms with Crippen LogP contribution >= 0.6 is 0 Å². The Morgan fingerprint density at radius 2 is 2.07 bits per heavy atom. The van der Waals surface area contributed by atoms with E-state index in [1.165, 1.54) is 0 Å². The molecule has 0 heterocycles. The average Bonchev–Trinajstić information content (AvgIpc) is 2.02. The number of alkyl halides is 3. The molecular formula is C8H7F3O3. The second-order valence-electron chi connectivity index (χ2n) is 2.85. The molecule has 2 N–H and O–H groups in total. The molecule has 1 aliphatic carbocycles. The molecule has 0 fully saturated rings. The number of aliphatic hydroxyl groups is 1. The number of aliphatic hydroxyl groups excluding tert-OH is 1. The predicted octanol–water partition coefficient (Wildman–Crippen LogP) is 2.02. The molecule has 0 saturated carbocycles. The van der Waals surface area contributed by atoms with E-state index in [4.69, 9.17) is 10.2 Å². The van der Waals surface area contributed by atoms with Crippen molar-refractivity contribution in [3.05, 3.63) is 23.5 Å². The first-order chi connectivity index (χ1) is 6.32. The third-order valence-corrected chi connectivity index (χ3v) is 1.83. The highest BCUT2D eigenvalue weighted by Crippen LogP contribution is 2.34. The van der Waals surface area contributed by atoms with Crippen LogP contribution in [0.25, 0.3) is 0 Å². The number of hydrogen-bond donors (Lipinski definition) is 2. The average molecular weight is 208 g/mol. The Labute approximate surface area is 77.2 Å². The molecule has 6 heteroatoms. The maximum absolute atomic E-state index is 12.2. The maximum Gasteiger partial charge on any atom is 0.419 e. The minimum absolute atomic E-state index is 0.124. The summed E-state index contributed by atoms with van der Waals surface area (Å²) in [5.74, 6) is -3.46. The smallest absolute Gasteiger partial charge is 0.419 e. The van der Waals surface area contributed by atoms with Crippen LogP contribution in [0, 0.1) is 5.92 Å². The largest absolute Gasteiger partial charge is 0.508 e. The van der Waals surface area contributed by atoms with Crippen molar-refractivity contribution in [3.63, 3.8) is 0 Å². The Balaban J connectivity index is 3.00. The van der Waals surface area contributed by atoms with E-state index in [-0.39, 0.29) is 6.42 Å². The molecule has 0 spiro atoms. The Morgan fingerprint density at radius 1 is 1.50 bits per heavy atom. The summed E-state index contributed by atoms with van der Waals surface area (Å²) in [5, 5.41) is 17.4. The van der Waals surface area contributed by atoms with Crippen LogP contribution in [0.4, 0.5) is 13.2 Å². The molecular weight excluding hydrogens is 201 g/mol. The Hall–Kier alpha value is -1.46. The fraction of sp³-hybridized carbons (Fsp3) is 0.375. The zero-order valence-electron chi connectivity index (χ0n) is 6.88. The Morgan fingerprint density at radius 3 is 2.50 bits per heavy atom. The zero-order chi connectivity index (χ0) is 10.9. The fourth-order valence-corrected chi connectivity index (χ4v) is 1.11. The van der Waals surface area contributed by atoms with E-state index in [9.17, 15) is 18.0 Å². The molecule has 14 heavy (non-hydrogen) atoms.